The summed E-state index contributed by atoms with van der Waals surface area (Å²) in [5, 5.41) is 12.3. The van der Waals surface area contributed by atoms with E-state index in [-0.39, 0.29) is 29.8 Å². The Morgan fingerprint density at radius 1 is 0.808 bits per heavy atom. The van der Waals surface area contributed by atoms with Gasteiger partial charge in [0.05, 0.1) is 42.1 Å². The maximum Gasteiger partial charge on any atom is 0.407 e. The van der Waals surface area contributed by atoms with E-state index < -0.39 is 18.2 Å². The predicted octanol–water partition coefficient (Wildman–Crippen LogP) is 7.64. The molecule has 0 unspecified atom stereocenters. The molecule has 0 bridgehead atoms. The normalized spacial score (nSPS) is 20.8. The highest BCUT2D eigenvalue weighted by molar-refractivity contribution is 5.87. The second-order valence-corrected chi connectivity index (χ2v) is 14.7. The summed E-state index contributed by atoms with van der Waals surface area (Å²) in [6.45, 7) is 9.11. The number of carbonyl (C=O) groups is 3. The van der Waals surface area contributed by atoms with Gasteiger partial charge in [0.1, 0.15) is 17.7 Å². The quantitative estimate of drug-likeness (QED) is 0.129. The number of imidazole rings is 2. The van der Waals surface area contributed by atoms with Crippen LogP contribution in [0.5, 0.6) is 0 Å². The molecule has 12 heteroatoms. The first kappa shape index (κ1) is 34.8. The van der Waals surface area contributed by atoms with Crippen molar-refractivity contribution in [1.82, 2.24) is 35.1 Å². The van der Waals surface area contributed by atoms with Crippen molar-refractivity contribution in [2.24, 2.45) is 17.8 Å². The van der Waals surface area contributed by atoms with E-state index >= 15 is 0 Å². The number of alkyl carbamates (subject to hydrolysis) is 1. The highest BCUT2D eigenvalue weighted by Gasteiger charge is 2.40. The van der Waals surface area contributed by atoms with Crippen LogP contribution in [0.25, 0.3) is 44.5 Å². The topological polar surface area (TPSA) is 157 Å². The van der Waals surface area contributed by atoms with Crippen LogP contribution in [-0.2, 0) is 9.53 Å². The van der Waals surface area contributed by atoms with Gasteiger partial charge in [-0.15, -0.1) is 0 Å². The van der Waals surface area contributed by atoms with Crippen molar-refractivity contribution in [1.29, 1.82) is 0 Å². The van der Waals surface area contributed by atoms with Gasteiger partial charge in [-0.25, -0.2) is 19.6 Å². The number of aromatic amines is 2. The molecular weight excluding hydrogens is 658 g/mol. The van der Waals surface area contributed by atoms with Crippen molar-refractivity contribution < 1.29 is 24.2 Å². The lowest BCUT2D eigenvalue weighted by Crippen LogP contribution is -2.51. The number of hydrogen-bond acceptors (Lipinski definition) is 6. The van der Waals surface area contributed by atoms with E-state index in [0.717, 1.165) is 63.2 Å². The lowest BCUT2D eigenvalue weighted by molar-refractivity contribution is -0.135. The van der Waals surface area contributed by atoms with E-state index in [1.165, 1.54) is 12.0 Å². The minimum atomic E-state index is -0.915. The van der Waals surface area contributed by atoms with Crippen molar-refractivity contribution in [3.63, 3.8) is 0 Å². The van der Waals surface area contributed by atoms with Gasteiger partial charge in [-0.1, -0.05) is 82.3 Å². The highest BCUT2D eigenvalue weighted by atomic mass is 16.5. The third-order valence-electron chi connectivity index (χ3n) is 10.4. The maximum atomic E-state index is 13.7. The SMILES string of the molecule is COC(=O)N[C@H](C(=O)N1C[C@@H](C)C[C@H]1c1nc2ccc(-c3ccc(-c4ccc(-c5cnc([C@@H]6C[C@H](C)CN6C(=O)O)[nH]5)cc4)cc3)cc2[nH]1)C(C)C. The van der Waals surface area contributed by atoms with Crippen molar-refractivity contribution >= 4 is 29.1 Å². The number of fused-ring (bicyclic) bond motifs is 1. The zero-order valence-electron chi connectivity index (χ0n) is 30.1. The number of H-pyrrole nitrogens is 2. The summed E-state index contributed by atoms with van der Waals surface area (Å²) in [6, 6.07) is 21.7. The summed E-state index contributed by atoms with van der Waals surface area (Å²) in [7, 11) is 1.30. The van der Waals surface area contributed by atoms with Gasteiger partial charge in [-0.2, -0.15) is 0 Å². The van der Waals surface area contributed by atoms with Crippen molar-refractivity contribution in [2.45, 2.75) is 58.7 Å². The molecule has 270 valence electrons. The lowest BCUT2D eigenvalue weighted by Gasteiger charge is -2.30. The largest absolute Gasteiger partial charge is 0.465 e. The van der Waals surface area contributed by atoms with Crippen LogP contribution in [0, 0.1) is 17.8 Å². The van der Waals surface area contributed by atoms with Gasteiger partial charge in [0.2, 0.25) is 5.91 Å². The molecule has 2 aliphatic heterocycles. The molecule has 4 heterocycles. The van der Waals surface area contributed by atoms with Crippen LogP contribution in [0.1, 0.15) is 64.3 Å². The molecule has 0 spiro atoms. The molecule has 2 aliphatic rings. The molecule has 5 aromatic rings. The zero-order chi connectivity index (χ0) is 36.7. The molecule has 7 rings (SSSR count). The molecule has 2 fully saturated rings. The molecule has 0 aliphatic carbocycles. The molecule has 2 aromatic heterocycles. The number of methoxy groups -OCH3 is 1. The van der Waals surface area contributed by atoms with E-state index in [1.54, 1.807) is 6.20 Å². The van der Waals surface area contributed by atoms with E-state index in [2.05, 4.69) is 94.8 Å². The Balaban J connectivity index is 1.05. The summed E-state index contributed by atoms with van der Waals surface area (Å²) in [6.07, 6.45) is 1.77. The summed E-state index contributed by atoms with van der Waals surface area (Å²) in [5.41, 5.74) is 7.85. The molecule has 3 amide bonds. The molecular formula is C40H45N7O5. The van der Waals surface area contributed by atoms with Crippen LogP contribution in [0.15, 0.2) is 72.9 Å². The van der Waals surface area contributed by atoms with Gasteiger partial charge in [0, 0.05) is 13.1 Å². The number of ether oxygens (including phenoxy) is 1. The summed E-state index contributed by atoms with van der Waals surface area (Å²) < 4.78 is 4.78. The van der Waals surface area contributed by atoms with E-state index in [9.17, 15) is 19.5 Å². The first-order valence-corrected chi connectivity index (χ1v) is 17.9. The second-order valence-electron chi connectivity index (χ2n) is 14.7. The smallest absolute Gasteiger partial charge is 0.407 e. The molecule has 5 atom stereocenters. The number of rotatable bonds is 8. The summed E-state index contributed by atoms with van der Waals surface area (Å²) >= 11 is 0. The third-order valence-corrected chi connectivity index (χ3v) is 10.4. The minimum absolute atomic E-state index is 0.108. The van der Waals surface area contributed by atoms with Crippen molar-refractivity contribution in [3.8, 4) is 33.5 Å². The van der Waals surface area contributed by atoms with Crippen LogP contribution in [0.4, 0.5) is 9.59 Å². The predicted molar refractivity (Wildman–Crippen MR) is 198 cm³/mol. The Kier molecular flexibility index (Phi) is 9.48. The van der Waals surface area contributed by atoms with Crippen LogP contribution in [-0.4, -0.2) is 79.2 Å². The Hall–Kier alpha value is -5.65. The number of benzene rings is 3. The lowest BCUT2D eigenvalue weighted by atomic mass is 9.99. The molecule has 0 radical (unpaired) electrons. The van der Waals surface area contributed by atoms with Gasteiger partial charge in [-0.3, -0.25) is 9.69 Å². The van der Waals surface area contributed by atoms with Crippen molar-refractivity contribution in [3.05, 3.63) is 84.6 Å². The zero-order valence-corrected chi connectivity index (χ0v) is 30.1. The Morgan fingerprint density at radius 2 is 1.37 bits per heavy atom. The van der Waals surface area contributed by atoms with E-state index in [4.69, 9.17) is 9.72 Å². The standard InChI is InChI=1S/C40H45N7O5/c1-22(2)35(45-39(49)52-5)38(48)46-20-23(3)17-34(46)37-42-30-15-14-29(18-31(30)43-37)27-8-6-25(7-9-27)26-10-12-28(13-11-26)32-19-41-36(44-32)33-16-24(4)21-47(33)40(50)51/h6-15,18-19,22-24,33-35H,16-17,20-21H2,1-5H3,(H,41,44)(H,42,43)(H,45,49)(H,50,51)/t23-,24-,33-,34-,35-/m0/s1. The number of nitrogens with zero attached hydrogens (tertiary/aromatic N) is 4. The number of aromatic nitrogens is 4. The van der Waals surface area contributed by atoms with Crippen LogP contribution >= 0.6 is 0 Å². The number of nitrogens with one attached hydrogen (secondary N) is 3. The average Bonchev–Trinajstić information content (AvgIpc) is 3.95. The van der Waals surface area contributed by atoms with Crippen molar-refractivity contribution in [2.75, 3.05) is 20.2 Å². The molecule has 2 saturated heterocycles. The average molecular weight is 704 g/mol. The molecule has 52 heavy (non-hydrogen) atoms. The number of carbonyl (C=O) groups excluding carboxylic acids is 2. The molecule has 12 nitrogen and oxygen atoms in total. The Morgan fingerprint density at radius 3 is 1.96 bits per heavy atom. The number of hydrogen-bond donors (Lipinski definition) is 4. The van der Waals surface area contributed by atoms with Crippen LogP contribution in [0.2, 0.25) is 0 Å². The van der Waals surface area contributed by atoms with Gasteiger partial charge in [-0.05, 0) is 70.5 Å². The number of likely N-dealkylation sites (tertiary alicyclic amines) is 2. The fraction of sp³-hybridized carbons (Fsp3) is 0.375. The van der Waals surface area contributed by atoms with Gasteiger partial charge < -0.3 is 30.0 Å². The number of amides is 3. The number of carboxylic acid groups (broad SMARTS) is 1. The second kappa shape index (κ2) is 14.2. The fourth-order valence-corrected chi connectivity index (χ4v) is 7.66. The van der Waals surface area contributed by atoms with Crippen LogP contribution < -0.4 is 5.32 Å². The molecule has 4 N–H and O–H groups in total. The van der Waals surface area contributed by atoms with Crippen LogP contribution in [0.3, 0.4) is 0 Å². The fourth-order valence-electron chi connectivity index (χ4n) is 7.66. The molecule has 0 saturated carbocycles. The molecule has 3 aromatic carbocycles. The van der Waals surface area contributed by atoms with Gasteiger partial charge in [0.15, 0.2) is 0 Å². The summed E-state index contributed by atoms with van der Waals surface area (Å²) in [4.78, 5) is 57.1. The third kappa shape index (κ3) is 6.84. The summed E-state index contributed by atoms with van der Waals surface area (Å²) in [5.74, 6) is 1.76. The first-order valence-electron chi connectivity index (χ1n) is 17.9. The first-order chi connectivity index (χ1) is 25.0. The van der Waals surface area contributed by atoms with E-state index in [0.29, 0.717) is 24.8 Å². The van der Waals surface area contributed by atoms with Gasteiger partial charge >= 0.3 is 12.2 Å². The highest BCUT2D eigenvalue weighted by Crippen LogP contribution is 2.37. The maximum absolute atomic E-state index is 13.7. The van der Waals surface area contributed by atoms with E-state index in [1.807, 2.05) is 24.8 Å². The Bertz CT molecular complexity index is 2090. The Labute approximate surface area is 302 Å². The minimum Gasteiger partial charge on any atom is -0.465 e. The monoisotopic (exact) mass is 703 g/mol. The van der Waals surface area contributed by atoms with Gasteiger partial charge in [0.25, 0.3) is 0 Å².